The van der Waals surface area contributed by atoms with Crippen LogP contribution >= 0.6 is 15.9 Å². The molecule has 5 heteroatoms. The SMILES string of the molecule is CCNC(C)=Nc1cc(Br)c(OC(C)c2ccccc2)nc1C. The first-order chi connectivity index (χ1) is 11.0. The molecule has 1 heterocycles. The Bertz CT molecular complexity index is 686. The first kappa shape index (κ1) is 17.5. The number of nitrogens with one attached hydrogen (secondary N) is 1. The summed E-state index contributed by atoms with van der Waals surface area (Å²) in [4.78, 5) is 9.09. The number of amidine groups is 1. The number of ether oxygens (including phenoxy) is 1. The largest absolute Gasteiger partial charge is 0.469 e. The van der Waals surface area contributed by atoms with Crippen molar-refractivity contribution in [1.82, 2.24) is 10.3 Å². The zero-order chi connectivity index (χ0) is 16.8. The summed E-state index contributed by atoms with van der Waals surface area (Å²) < 4.78 is 6.80. The quantitative estimate of drug-likeness (QED) is 0.593. The van der Waals surface area contributed by atoms with E-state index in [2.05, 4.69) is 31.2 Å². The van der Waals surface area contributed by atoms with E-state index in [4.69, 9.17) is 4.74 Å². The van der Waals surface area contributed by atoms with Crippen LogP contribution in [0.5, 0.6) is 5.88 Å². The van der Waals surface area contributed by atoms with Gasteiger partial charge in [0.15, 0.2) is 0 Å². The molecule has 0 fully saturated rings. The fourth-order valence-electron chi connectivity index (χ4n) is 2.18. The van der Waals surface area contributed by atoms with E-state index in [0.29, 0.717) is 5.88 Å². The van der Waals surface area contributed by atoms with Crippen LogP contribution in [0.2, 0.25) is 0 Å². The highest BCUT2D eigenvalue weighted by Crippen LogP contribution is 2.32. The van der Waals surface area contributed by atoms with Gasteiger partial charge in [0.25, 0.3) is 0 Å². The van der Waals surface area contributed by atoms with Crippen molar-refractivity contribution in [3.05, 3.63) is 52.1 Å². The van der Waals surface area contributed by atoms with E-state index in [0.717, 1.165) is 33.8 Å². The molecule has 0 aliphatic heterocycles. The van der Waals surface area contributed by atoms with Gasteiger partial charge in [0.1, 0.15) is 6.10 Å². The molecule has 2 rings (SSSR count). The summed E-state index contributed by atoms with van der Waals surface area (Å²) >= 11 is 3.53. The number of benzene rings is 1. The third kappa shape index (κ3) is 4.79. The van der Waals surface area contributed by atoms with Crippen molar-refractivity contribution in [2.75, 3.05) is 6.54 Å². The lowest BCUT2D eigenvalue weighted by Gasteiger charge is -2.16. The Balaban J connectivity index is 2.21. The topological polar surface area (TPSA) is 46.5 Å². The molecule has 0 aliphatic rings. The lowest BCUT2D eigenvalue weighted by atomic mass is 10.1. The van der Waals surface area contributed by atoms with Gasteiger partial charge in [-0.3, -0.25) is 0 Å². The van der Waals surface area contributed by atoms with Crippen LogP contribution in [-0.4, -0.2) is 17.4 Å². The maximum atomic E-state index is 6.00. The van der Waals surface area contributed by atoms with Gasteiger partial charge >= 0.3 is 0 Å². The Hall–Kier alpha value is -1.88. The van der Waals surface area contributed by atoms with E-state index < -0.39 is 0 Å². The van der Waals surface area contributed by atoms with Crippen LogP contribution in [0.3, 0.4) is 0 Å². The molecule has 1 unspecified atom stereocenters. The van der Waals surface area contributed by atoms with Gasteiger partial charge in [-0.25, -0.2) is 9.98 Å². The highest BCUT2D eigenvalue weighted by molar-refractivity contribution is 9.10. The van der Waals surface area contributed by atoms with Gasteiger partial charge in [-0.1, -0.05) is 30.3 Å². The molecule has 4 nitrogen and oxygen atoms in total. The second kappa shape index (κ2) is 8.11. The minimum Gasteiger partial charge on any atom is -0.469 e. The molecule has 0 bridgehead atoms. The minimum absolute atomic E-state index is 0.0720. The Labute approximate surface area is 146 Å². The van der Waals surface area contributed by atoms with Crippen molar-refractivity contribution < 1.29 is 4.74 Å². The van der Waals surface area contributed by atoms with Crippen LogP contribution in [-0.2, 0) is 0 Å². The highest BCUT2D eigenvalue weighted by atomic mass is 79.9. The number of halogens is 1. The fraction of sp³-hybridized carbons (Fsp3) is 0.333. The smallest absolute Gasteiger partial charge is 0.228 e. The fourth-order valence-corrected chi connectivity index (χ4v) is 2.58. The lowest BCUT2D eigenvalue weighted by Crippen LogP contribution is -2.19. The van der Waals surface area contributed by atoms with Gasteiger partial charge < -0.3 is 10.1 Å². The number of aliphatic imine (C=N–C) groups is 1. The zero-order valence-corrected chi connectivity index (χ0v) is 15.5. The Morgan fingerprint density at radius 3 is 2.70 bits per heavy atom. The van der Waals surface area contributed by atoms with Crippen molar-refractivity contribution in [1.29, 1.82) is 0 Å². The van der Waals surface area contributed by atoms with Gasteiger partial charge in [0.2, 0.25) is 5.88 Å². The molecule has 122 valence electrons. The van der Waals surface area contributed by atoms with Gasteiger partial charge in [0, 0.05) is 6.54 Å². The summed E-state index contributed by atoms with van der Waals surface area (Å²) in [7, 11) is 0. The molecule has 0 radical (unpaired) electrons. The number of rotatable bonds is 5. The molecule has 0 amide bonds. The number of pyridine rings is 1. The number of hydrogen-bond acceptors (Lipinski definition) is 3. The summed E-state index contributed by atoms with van der Waals surface area (Å²) in [5.74, 6) is 1.45. The monoisotopic (exact) mass is 375 g/mol. The first-order valence-electron chi connectivity index (χ1n) is 7.69. The number of aryl methyl sites for hydroxylation is 1. The van der Waals surface area contributed by atoms with E-state index in [-0.39, 0.29) is 6.10 Å². The molecular formula is C18H22BrN3O. The average Bonchev–Trinajstić information content (AvgIpc) is 2.53. The van der Waals surface area contributed by atoms with Crippen molar-refractivity contribution in [2.24, 2.45) is 4.99 Å². The maximum Gasteiger partial charge on any atom is 0.228 e. The van der Waals surface area contributed by atoms with E-state index in [1.54, 1.807) is 0 Å². The number of nitrogens with zero attached hydrogens (tertiary/aromatic N) is 2. The summed E-state index contributed by atoms with van der Waals surface area (Å²) in [6, 6.07) is 12.0. The first-order valence-corrected chi connectivity index (χ1v) is 8.48. The van der Waals surface area contributed by atoms with Gasteiger partial charge in [-0.15, -0.1) is 0 Å². The summed E-state index contributed by atoms with van der Waals surface area (Å²) in [6.07, 6.45) is -0.0720. The molecule has 2 aromatic rings. The molecule has 0 spiro atoms. The summed E-state index contributed by atoms with van der Waals surface area (Å²) in [6.45, 7) is 8.78. The molecule has 0 aliphatic carbocycles. The van der Waals surface area contributed by atoms with Crippen molar-refractivity contribution >= 4 is 27.5 Å². The molecule has 1 atom stereocenters. The molecule has 1 aromatic carbocycles. The van der Waals surface area contributed by atoms with Crippen molar-refractivity contribution in [2.45, 2.75) is 33.8 Å². The zero-order valence-electron chi connectivity index (χ0n) is 13.9. The number of aromatic nitrogens is 1. The van der Waals surface area contributed by atoms with Crippen LogP contribution in [0.1, 0.15) is 38.1 Å². The van der Waals surface area contributed by atoms with E-state index in [9.17, 15) is 0 Å². The maximum absolute atomic E-state index is 6.00. The molecule has 1 N–H and O–H groups in total. The Morgan fingerprint density at radius 1 is 1.35 bits per heavy atom. The standard InChI is InChI=1S/C18H22BrN3O/c1-5-20-14(4)22-17-11-16(19)18(21-12(17)2)23-13(3)15-9-7-6-8-10-15/h6-11,13H,5H2,1-4H3,(H,20,22). The Morgan fingerprint density at radius 2 is 2.04 bits per heavy atom. The minimum atomic E-state index is -0.0720. The van der Waals surface area contributed by atoms with Gasteiger partial charge in [-0.05, 0) is 55.3 Å². The van der Waals surface area contributed by atoms with E-state index in [1.807, 2.05) is 64.1 Å². The molecular weight excluding hydrogens is 354 g/mol. The van der Waals surface area contributed by atoms with Gasteiger partial charge in [-0.2, -0.15) is 0 Å². The van der Waals surface area contributed by atoms with Crippen LogP contribution in [0.25, 0.3) is 0 Å². The third-order valence-corrected chi connectivity index (χ3v) is 3.95. The predicted octanol–water partition coefficient (Wildman–Crippen LogP) is 4.95. The molecule has 0 saturated carbocycles. The highest BCUT2D eigenvalue weighted by Gasteiger charge is 2.13. The summed E-state index contributed by atoms with van der Waals surface area (Å²) in [5, 5.41) is 3.18. The lowest BCUT2D eigenvalue weighted by molar-refractivity contribution is 0.215. The Kier molecular flexibility index (Phi) is 6.16. The van der Waals surface area contributed by atoms with Crippen molar-refractivity contribution in [3.63, 3.8) is 0 Å². The van der Waals surface area contributed by atoms with Crippen molar-refractivity contribution in [3.8, 4) is 5.88 Å². The molecule has 1 aromatic heterocycles. The molecule has 0 saturated heterocycles. The second-order valence-corrected chi connectivity index (χ2v) is 6.13. The average molecular weight is 376 g/mol. The third-order valence-electron chi connectivity index (χ3n) is 3.39. The van der Waals surface area contributed by atoms with Crippen LogP contribution < -0.4 is 10.1 Å². The second-order valence-electron chi connectivity index (χ2n) is 5.28. The molecule has 23 heavy (non-hydrogen) atoms. The van der Waals surface area contributed by atoms with E-state index in [1.165, 1.54) is 0 Å². The normalized spacial score (nSPS) is 12.8. The van der Waals surface area contributed by atoms with Crippen LogP contribution in [0, 0.1) is 6.92 Å². The number of hydrogen-bond donors (Lipinski definition) is 1. The van der Waals surface area contributed by atoms with Crippen LogP contribution in [0.4, 0.5) is 5.69 Å². The predicted molar refractivity (Wildman–Crippen MR) is 98.6 cm³/mol. The van der Waals surface area contributed by atoms with Gasteiger partial charge in [0.05, 0.1) is 21.7 Å². The van der Waals surface area contributed by atoms with E-state index >= 15 is 0 Å². The van der Waals surface area contributed by atoms with Crippen LogP contribution in [0.15, 0.2) is 45.9 Å². The summed E-state index contributed by atoms with van der Waals surface area (Å²) in [5.41, 5.74) is 2.78.